The minimum absolute atomic E-state index is 0.0642. The molecule has 1 aromatic heterocycles. The number of hydrogen-bond donors (Lipinski definition) is 1. The third-order valence-corrected chi connectivity index (χ3v) is 3.20. The Morgan fingerprint density at radius 1 is 1.33 bits per heavy atom. The Morgan fingerprint density at radius 2 is 2.06 bits per heavy atom. The van der Waals surface area contributed by atoms with Gasteiger partial charge in [-0.05, 0) is 41.4 Å². The molecule has 2 aromatic rings. The first kappa shape index (κ1) is 13.2. The van der Waals surface area contributed by atoms with Gasteiger partial charge in [0.05, 0.1) is 9.86 Å². The van der Waals surface area contributed by atoms with Gasteiger partial charge >= 0.3 is 0 Å². The molecule has 0 atom stereocenters. The molecular formula is C13H13BrF2N2. The summed E-state index contributed by atoms with van der Waals surface area (Å²) in [6.07, 6.45) is 0.904. The second kappa shape index (κ2) is 5.18. The highest BCUT2D eigenvalue weighted by molar-refractivity contribution is 9.10. The van der Waals surface area contributed by atoms with Gasteiger partial charge in [-0.3, -0.25) is 0 Å². The van der Waals surface area contributed by atoms with Crippen LogP contribution >= 0.6 is 15.9 Å². The molecule has 1 heterocycles. The molecule has 1 N–H and O–H groups in total. The molecule has 0 saturated carbocycles. The number of nitrogens with zero attached hydrogens (tertiary/aromatic N) is 1. The maximum atomic E-state index is 14.1. The molecule has 0 aliphatic heterocycles. The van der Waals surface area contributed by atoms with E-state index in [2.05, 4.69) is 26.2 Å². The largest absolute Gasteiger partial charge is 0.384 e. The van der Waals surface area contributed by atoms with Gasteiger partial charge in [0, 0.05) is 17.9 Å². The highest BCUT2D eigenvalue weighted by Crippen LogP contribution is 2.32. The monoisotopic (exact) mass is 314 g/mol. The summed E-state index contributed by atoms with van der Waals surface area (Å²) in [5, 5.41) is 3.30. The van der Waals surface area contributed by atoms with Gasteiger partial charge in [-0.1, -0.05) is 6.92 Å². The van der Waals surface area contributed by atoms with Crippen molar-refractivity contribution in [2.75, 3.05) is 11.9 Å². The number of halogens is 3. The van der Waals surface area contributed by atoms with Crippen molar-refractivity contribution in [1.82, 2.24) is 4.98 Å². The smallest absolute Gasteiger partial charge is 0.150 e. The van der Waals surface area contributed by atoms with Gasteiger partial charge in [0.15, 0.2) is 5.82 Å². The highest BCUT2D eigenvalue weighted by Gasteiger charge is 2.16. The maximum Gasteiger partial charge on any atom is 0.150 e. The second-order valence-electron chi connectivity index (χ2n) is 4.12. The van der Waals surface area contributed by atoms with Crippen LogP contribution in [0.5, 0.6) is 0 Å². The van der Waals surface area contributed by atoms with Crippen LogP contribution in [0.3, 0.4) is 0 Å². The van der Waals surface area contributed by atoms with Crippen molar-refractivity contribution in [2.24, 2.45) is 0 Å². The zero-order valence-electron chi connectivity index (χ0n) is 10.2. The molecule has 0 spiro atoms. The zero-order valence-corrected chi connectivity index (χ0v) is 11.7. The van der Waals surface area contributed by atoms with Crippen LogP contribution in [0.25, 0.3) is 10.9 Å². The Balaban J connectivity index is 2.75. The molecule has 0 amide bonds. The van der Waals surface area contributed by atoms with Gasteiger partial charge in [0.2, 0.25) is 0 Å². The first-order valence-electron chi connectivity index (χ1n) is 5.73. The molecule has 0 aliphatic rings. The lowest BCUT2D eigenvalue weighted by Gasteiger charge is -2.12. The number of aryl methyl sites for hydroxylation is 1. The van der Waals surface area contributed by atoms with Crippen molar-refractivity contribution in [1.29, 1.82) is 0 Å². The molecule has 2 nitrogen and oxygen atoms in total. The molecular weight excluding hydrogens is 302 g/mol. The highest BCUT2D eigenvalue weighted by atomic mass is 79.9. The normalized spacial score (nSPS) is 10.9. The van der Waals surface area contributed by atoms with E-state index in [1.54, 1.807) is 13.0 Å². The molecule has 5 heteroatoms. The lowest BCUT2D eigenvalue weighted by Crippen LogP contribution is -2.04. The van der Waals surface area contributed by atoms with E-state index in [0.29, 0.717) is 17.9 Å². The van der Waals surface area contributed by atoms with Crippen molar-refractivity contribution in [2.45, 2.75) is 20.3 Å². The van der Waals surface area contributed by atoms with Crippen LogP contribution in [0.1, 0.15) is 19.0 Å². The number of anilines is 1. The maximum absolute atomic E-state index is 14.1. The van der Waals surface area contributed by atoms with Crippen LogP contribution in [-0.4, -0.2) is 11.5 Å². The average Bonchev–Trinajstić information content (AvgIpc) is 2.33. The molecule has 96 valence electrons. The Kier molecular flexibility index (Phi) is 3.80. The molecule has 0 fully saturated rings. The number of aromatic nitrogens is 1. The minimum atomic E-state index is -0.526. The van der Waals surface area contributed by atoms with Crippen LogP contribution in [0.4, 0.5) is 14.5 Å². The summed E-state index contributed by atoms with van der Waals surface area (Å²) in [5.74, 6) is -1.01. The predicted molar refractivity (Wildman–Crippen MR) is 72.9 cm³/mol. The Morgan fingerprint density at radius 3 is 2.72 bits per heavy atom. The third kappa shape index (κ3) is 2.32. The third-order valence-electron chi connectivity index (χ3n) is 2.62. The Bertz CT molecular complexity index is 599. The van der Waals surface area contributed by atoms with E-state index in [9.17, 15) is 8.78 Å². The van der Waals surface area contributed by atoms with E-state index in [4.69, 9.17) is 0 Å². The molecule has 18 heavy (non-hydrogen) atoms. The summed E-state index contributed by atoms with van der Waals surface area (Å²) >= 11 is 3.02. The van der Waals surface area contributed by atoms with Crippen LogP contribution < -0.4 is 5.32 Å². The number of nitrogens with one attached hydrogen (secondary N) is 1. The van der Waals surface area contributed by atoms with E-state index < -0.39 is 11.6 Å². The minimum Gasteiger partial charge on any atom is -0.384 e. The van der Waals surface area contributed by atoms with Crippen LogP contribution in [0.2, 0.25) is 0 Å². The molecule has 1 aromatic carbocycles. The van der Waals surface area contributed by atoms with Crippen LogP contribution in [0.15, 0.2) is 16.6 Å². The lowest BCUT2D eigenvalue weighted by molar-refractivity contribution is 0.609. The van der Waals surface area contributed by atoms with Crippen molar-refractivity contribution in [3.63, 3.8) is 0 Å². The fraction of sp³-hybridized carbons (Fsp3) is 0.308. The summed E-state index contributed by atoms with van der Waals surface area (Å²) in [6.45, 7) is 4.47. The van der Waals surface area contributed by atoms with Gasteiger partial charge in [0.25, 0.3) is 0 Å². The molecule has 0 saturated heterocycles. The fourth-order valence-corrected chi connectivity index (χ4v) is 2.23. The van der Waals surface area contributed by atoms with E-state index in [1.807, 2.05) is 6.92 Å². The first-order chi connectivity index (χ1) is 8.54. The quantitative estimate of drug-likeness (QED) is 0.849. The Hall–Kier alpha value is -1.23. The van der Waals surface area contributed by atoms with E-state index in [1.165, 1.54) is 0 Å². The van der Waals surface area contributed by atoms with Crippen LogP contribution in [-0.2, 0) is 0 Å². The standard InChI is InChI=1S/C13H13BrF2N2/c1-3-4-17-10-5-7(2)18-13-9(15)6-8(14)12(16)11(10)13/h5-6H,3-4H2,1-2H3,(H,17,18). The molecule has 0 aliphatic carbocycles. The summed E-state index contributed by atoms with van der Waals surface area (Å²) in [7, 11) is 0. The van der Waals surface area contributed by atoms with Crippen LogP contribution in [0, 0.1) is 18.6 Å². The van der Waals surface area contributed by atoms with Crippen molar-refractivity contribution < 1.29 is 8.78 Å². The van der Waals surface area contributed by atoms with Crippen molar-refractivity contribution in [3.05, 3.63) is 33.9 Å². The summed E-state index contributed by atoms with van der Waals surface area (Å²) in [4.78, 5) is 4.07. The summed E-state index contributed by atoms with van der Waals surface area (Å²) < 4.78 is 28.0. The Labute approximate surface area is 113 Å². The number of rotatable bonds is 3. The number of pyridine rings is 1. The molecule has 0 bridgehead atoms. The van der Waals surface area contributed by atoms with Gasteiger partial charge in [0.1, 0.15) is 11.3 Å². The first-order valence-corrected chi connectivity index (χ1v) is 6.52. The number of hydrogen-bond acceptors (Lipinski definition) is 2. The second-order valence-corrected chi connectivity index (χ2v) is 4.97. The molecule has 2 rings (SSSR count). The van der Waals surface area contributed by atoms with E-state index in [0.717, 1.165) is 12.5 Å². The molecule has 0 unspecified atom stereocenters. The summed E-state index contributed by atoms with van der Waals surface area (Å²) in [6, 6.07) is 2.83. The van der Waals surface area contributed by atoms with Gasteiger partial charge in [-0.2, -0.15) is 0 Å². The van der Waals surface area contributed by atoms with Crippen molar-refractivity contribution in [3.8, 4) is 0 Å². The van der Waals surface area contributed by atoms with E-state index >= 15 is 0 Å². The molecule has 0 radical (unpaired) electrons. The summed E-state index contributed by atoms with van der Waals surface area (Å²) in [5.41, 5.74) is 1.30. The fourth-order valence-electron chi connectivity index (χ4n) is 1.83. The van der Waals surface area contributed by atoms with Gasteiger partial charge < -0.3 is 5.32 Å². The van der Waals surface area contributed by atoms with Gasteiger partial charge in [-0.25, -0.2) is 13.8 Å². The predicted octanol–water partition coefficient (Wildman–Crippen LogP) is 4.41. The number of benzene rings is 1. The van der Waals surface area contributed by atoms with Crippen molar-refractivity contribution >= 4 is 32.5 Å². The lowest BCUT2D eigenvalue weighted by atomic mass is 10.1. The number of fused-ring (bicyclic) bond motifs is 1. The topological polar surface area (TPSA) is 24.9 Å². The SMILES string of the molecule is CCCNc1cc(C)nc2c(F)cc(Br)c(F)c12. The van der Waals surface area contributed by atoms with Gasteiger partial charge in [-0.15, -0.1) is 0 Å². The zero-order chi connectivity index (χ0) is 13.3. The van der Waals surface area contributed by atoms with E-state index in [-0.39, 0.29) is 15.4 Å². The average molecular weight is 315 g/mol.